The van der Waals surface area contributed by atoms with Crippen molar-refractivity contribution in [1.29, 1.82) is 0 Å². The van der Waals surface area contributed by atoms with Gasteiger partial charge in [0.05, 0.1) is 19.3 Å². The van der Waals surface area contributed by atoms with Crippen LogP contribution in [0.3, 0.4) is 0 Å². The van der Waals surface area contributed by atoms with Gasteiger partial charge in [-0.1, -0.05) is 32.9 Å². The number of ether oxygens (including phenoxy) is 1. The maximum absolute atomic E-state index is 5.89. The van der Waals surface area contributed by atoms with Gasteiger partial charge in [0.15, 0.2) is 11.8 Å². The fraction of sp³-hybridized carbons (Fsp3) is 0.850. The van der Waals surface area contributed by atoms with Gasteiger partial charge in [0.25, 0.3) is 0 Å². The van der Waals surface area contributed by atoms with E-state index in [2.05, 4.69) is 60.3 Å². The second-order valence-electron chi connectivity index (χ2n) is 8.10. The first-order valence-corrected chi connectivity index (χ1v) is 10.7. The number of hydrogen-bond acceptors (Lipinski definition) is 6. The van der Waals surface area contributed by atoms with Crippen molar-refractivity contribution in [2.45, 2.75) is 59.5 Å². The first kappa shape index (κ1) is 22.6. The highest BCUT2D eigenvalue weighted by molar-refractivity contribution is 5.79. The molecule has 2 heterocycles. The van der Waals surface area contributed by atoms with Crippen LogP contribution in [0.2, 0.25) is 0 Å². The number of aromatic nitrogens is 2. The molecule has 2 rings (SSSR count). The minimum absolute atomic E-state index is 0.163. The van der Waals surface area contributed by atoms with Crippen LogP contribution in [0.1, 0.15) is 58.7 Å². The molecule has 1 aromatic rings. The predicted molar refractivity (Wildman–Crippen MR) is 112 cm³/mol. The lowest BCUT2D eigenvalue weighted by molar-refractivity contribution is -0.0261. The fourth-order valence-electron chi connectivity index (χ4n) is 3.16. The van der Waals surface area contributed by atoms with E-state index in [1.807, 2.05) is 0 Å². The Labute approximate surface area is 169 Å². The minimum Gasteiger partial charge on any atom is -0.374 e. The van der Waals surface area contributed by atoms with Crippen molar-refractivity contribution >= 4 is 5.96 Å². The van der Waals surface area contributed by atoms with Crippen molar-refractivity contribution in [3.8, 4) is 0 Å². The second-order valence-corrected chi connectivity index (χ2v) is 8.10. The first-order valence-electron chi connectivity index (χ1n) is 10.7. The van der Waals surface area contributed by atoms with Crippen molar-refractivity contribution in [2.24, 2.45) is 10.9 Å². The molecule has 28 heavy (non-hydrogen) atoms. The Morgan fingerprint density at radius 1 is 1.29 bits per heavy atom. The molecule has 1 saturated heterocycles. The maximum Gasteiger partial charge on any atom is 0.226 e. The summed E-state index contributed by atoms with van der Waals surface area (Å²) in [4.78, 5) is 11.6. The summed E-state index contributed by atoms with van der Waals surface area (Å²) in [5.74, 6) is 3.28. The number of nitrogens with zero attached hydrogens (tertiary/aromatic N) is 4. The monoisotopic (exact) mass is 394 g/mol. The number of rotatable bonds is 10. The van der Waals surface area contributed by atoms with E-state index in [1.165, 1.54) is 0 Å². The fourth-order valence-corrected chi connectivity index (χ4v) is 3.16. The molecule has 8 heteroatoms. The normalized spacial score (nSPS) is 18.8. The molecule has 0 bridgehead atoms. The van der Waals surface area contributed by atoms with E-state index in [0.29, 0.717) is 24.3 Å². The number of aryl methyl sites for hydroxylation is 1. The molecule has 0 aliphatic carbocycles. The zero-order valence-corrected chi connectivity index (χ0v) is 18.2. The van der Waals surface area contributed by atoms with Crippen molar-refractivity contribution < 1.29 is 9.26 Å². The van der Waals surface area contributed by atoms with Crippen LogP contribution in [0, 0.1) is 5.92 Å². The van der Waals surface area contributed by atoms with Gasteiger partial charge in [-0.25, -0.2) is 0 Å². The minimum atomic E-state index is 0.163. The van der Waals surface area contributed by atoms with Gasteiger partial charge in [-0.05, 0) is 19.3 Å². The van der Waals surface area contributed by atoms with Crippen LogP contribution < -0.4 is 10.6 Å². The summed E-state index contributed by atoms with van der Waals surface area (Å²) in [5.41, 5.74) is 0. The molecule has 0 saturated carbocycles. The van der Waals surface area contributed by atoms with Crippen LogP contribution >= 0.6 is 0 Å². The van der Waals surface area contributed by atoms with Gasteiger partial charge >= 0.3 is 0 Å². The van der Waals surface area contributed by atoms with Crippen LogP contribution in [0.5, 0.6) is 0 Å². The third-order valence-electron chi connectivity index (χ3n) is 4.50. The molecule has 1 aliphatic heterocycles. The van der Waals surface area contributed by atoms with E-state index < -0.39 is 0 Å². The quantitative estimate of drug-likeness (QED) is 0.357. The summed E-state index contributed by atoms with van der Waals surface area (Å²) >= 11 is 0. The molecule has 1 aliphatic rings. The summed E-state index contributed by atoms with van der Waals surface area (Å²) in [7, 11) is 0. The van der Waals surface area contributed by atoms with Gasteiger partial charge < -0.3 is 19.9 Å². The lowest BCUT2D eigenvalue weighted by Crippen LogP contribution is -2.46. The number of guanidine groups is 1. The van der Waals surface area contributed by atoms with Gasteiger partial charge in [-0.3, -0.25) is 9.89 Å². The zero-order valence-electron chi connectivity index (χ0n) is 18.2. The molecule has 2 N–H and O–H groups in total. The van der Waals surface area contributed by atoms with E-state index in [4.69, 9.17) is 14.3 Å². The van der Waals surface area contributed by atoms with Crippen LogP contribution in [0.15, 0.2) is 9.52 Å². The molecule has 1 fully saturated rings. The molecule has 8 nitrogen and oxygen atoms in total. The largest absolute Gasteiger partial charge is 0.374 e. The molecule has 1 aromatic heterocycles. The van der Waals surface area contributed by atoms with Gasteiger partial charge in [-0.2, -0.15) is 4.98 Å². The molecular weight excluding hydrogens is 356 g/mol. The summed E-state index contributed by atoms with van der Waals surface area (Å²) in [6.07, 6.45) is 1.84. The summed E-state index contributed by atoms with van der Waals surface area (Å²) in [5, 5.41) is 10.7. The highest BCUT2D eigenvalue weighted by Gasteiger charge is 2.20. The Balaban J connectivity index is 1.73. The van der Waals surface area contributed by atoms with Crippen molar-refractivity contribution in [3.63, 3.8) is 0 Å². The smallest absolute Gasteiger partial charge is 0.226 e. The van der Waals surface area contributed by atoms with Crippen LogP contribution in [-0.4, -0.2) is 73.0 Å². The number of hydrogen-bond donors (Lipinski definition) is 2. The number of morpholine rings is 1. The Morgan fingerprint density at radius 3 is 2.79 bits per heavy atom. The Hall–Kier alpha value is -1.67. The molecular formula is C20H38N6O2. The van der Waals surface area contributed by atoms with E-state index in [-0.39, 0.29) is 6.10 Å². The lowest BCUT2D eigenvalue weighted by Gasteiger charge is -2.33. The molecule has 1 atom stereocenters. The Kier molecular flexibility index (Phi) is 9.70. The molecule has 0 spiro atoms. The molecule has 1 unspecified atom stereocenters. The first-order chi connectivity index (χ1) is 13.5. The average molecular weight is 395 g/mol. The maximum atomic E-state index is 5.89. The second kappa shape index (κ2) is 12.0. The van der Waals surface area contributed by atoms with Crippen LogP contribution in [0.4, 0.5) is 0 Å². The molecule has 0 aromatic carbocycles. The van der Waals surface area contributed by atoms with Gasteiger partial charge in [0.2, 0.25) is 5.89 Å². The number of nitrogens with one attached hydrogen (secondary N) is 2. The number of aliphatic imine (C=N–C) groups is 1. The van der Waals surface area contributed by atoms with Gasteiger partial charge in [0, 0.05) is 45.1 Å². The summed E-state index contributed by atoms with van der Waals surface area (Å²) in [6, 6.07) is 0. The lowest BCUT2D eigenvalue weighted by atomic mass is 10.2. The third-order valence-corrected chi connectivity index (χ3v) is 4.50. The zero-order chi connectivity index (χ0) is 20.4. The topological polar surface area (TPSA) is 87.8 Å². The van der Waals surface area contributed by atoms with Crippen molar-refractivity contribution in [2.75, 3.05) is 45.9 Å². The Bertz CT molecular complexity index is 587. The average Bonchev–Trinajstić information content (AvgIpc) is 3.12. The highest BCUT2D eigenvalue weighted by Crippen LogP contribution is 2.10. The van der Waals surface area contributed by atoms with Crippen molar-refractivity contribution in [1.82, 2.24) is 25.7 Å². The SMILES string of the molecule is CCNC(=NCC1CN(CC(C)C)CCO1)NCCCc1nc(C(C)C)no1. The summed E-state index contributed by atoms with van der Waals surface area (Å²) < 4.78 is 11.2. The predicted octanol–water partition coefficient (Wildman–Crippen LogP) is 2.04. The van der Waals surface area contributed by atoms with E-state index in [1.54, 1.807) is 0 Å². The van der Waals surface area contributed by atoms with E-state index in [9.17, 15) is 0 Å². The molecule has 0 amide bonds. The van der Waals surface area contributed by atoms with E-state index in [0.717, 1.165) is 64.0 Å². The summed E-state index contributed by atoms with van der Waals surface area (Å²) in [6.45, 7) is 16.9. The Morgan fingerprint density at radius 2 is 2.11 bits per heavy atom. The van der Waals surface area contributed by atoms with Crippen molar-refractivity contribution in [3.05, 3.63) is 11.7 Å². The highest BCUT2D eigenvalue weighted by atomic mass is 16.5. The van der Waals surface area contributed by atoms with Crippen LogP contribution in [0.25, 0.3) is 0 Å². The third kappa shape index (κ3) is 8.14. The van der Waals surface area contributed by atoms with E-state index >= 15 is 0 Å². The van der Waals surface area contributed by atoms with Gasteiger partial charge in [-0.15, -0.1) is 0 Å². The molecule has 160 valence electrons. The van der Waals surface area contributed by atoms with Gasteiger partial charge in [0.1, 0.15) is 0 Å². The standard InChI is InChI=1S/C20H38N6O2/c1-6-21-20(22-9-7-8-18-24-19(16(4)5)25-28-18)23-12-17-14-26(10-11-27-17)13-15(2)3/h15-17H,6-14H2,1-5H3,(H2,21,22,23). The van der Waals surface area contributed by atoms with Crippen LogP contribution in [-0.2, 0) is 11.2 Å². The molecule has 0 radical (unpaired) electrons.